The van der Waals surface area contributed by atoms with Crippen molar-refractivity contribution in [3.05, 3.63) is 63.6 Å². The van der Waals surface area contributed by atoms with E-state index in [-0.39, 0.29) is 17.6 Å². The second-order valence-corrected chi connectivity index (χ2v) is 8.48. The Labute approximate surface area is 192 Å². The van der Waals surface area contributed by atoms with Crippen LogP contribution in [0.25, 0.3) is 0 Å². The second-order valence-electron chi connectivity index (χ2n) is 6.68. The smallest absolute Gasteiger partial charge is 0.242 e. The van der Waals surface area contributed by atoms with E-state index >= 15 is 0 Å². The van der Waals surface area contributed by atoms with Crippen molar-refractivity contribution in [3.8, 4) is 5.75 Å². The van der Waals surface area contributed by atoms with Crippen molar-refractivity contribution >= 4 is 46.8 Å². The Balaban J connectivity index is 2.08. The van der Waals surface area contributed by atoms with Crippen molar-refractivity contribution in [1.29, 1.82) is 0 Å². The molecular weight excluding hydrogens is 443 g/mol. The summed E-state index contributed by atoms with van der Waals surface area (Å²) >= 11 is 13.5. The molecule has 2 rings (SSSR count). The molecule has 8 heteroatoms. The lowest BCUT2D eigenvalue weighted by Gasteiger charge is -2.28. The van der Waals surface area contributed by atoms with Crippen LogP contribution in [0.3, 0.4) is 0 Å². The number of nitrogens with zero attached hydrogens (tertiary/aromatic N) is 1. The molecule has 0 aromatic heterocycles. The van der Waals surface area contributed by atoms with Crippen molar-refractivity contribution in [1.82, 2.24) is 10.2 Å². The van der Waals surface area contributed by atoms with Gasteiger partial charge in [-0.2, -0.15) is 0 Å². The number of benzene rings is 2. The Bertz CT molecular complexity index is 879. The van der Waals surface area contributed by atoms with Crippen LogP contribution in [0.5, 0.6) is 5.75 Å². The van der Waals surface area contributed by atoms with Gasteiger partial charge in [-0.1, -0.05) is 41.4 Å². The van der Waals surface area contributed by atoms with E-state index < -0.39 is 6.04 Å². The summed E-state index contributed by atoms with van der Waals surface area (Å²) in [5, 5.41) is 3.78. The molecule has 0 fully saturated rings. The van der Waals surface area contributed by atoms with Crippen LogP contribution in [-0.2, 0) is 21.9 Å². The second kappa shape index (κ2) is 12.1. The summed E-state index contributed by atoms with van der Waals surface area (Å²) < 4.78 is 5.27. The van der Waals surface area contributed by atoms with Gasteiger partial charge >= 0.3 is 0 Å². The lowest BCUT2D eigenvalue weighted by Crippen LogP contribution is -2.48. The first-order chi connectivity index (χ1) is 14.3. The van der Waals surface area contributed by atoms with Crippen LogP contribution < -0.4 is 10.1 Å². The summed E-state index contributed by atoms with van der Waals surface area (Å²) in [4.78, 5) is 27.0. The van der Waals surface area contributed by atoms with Gasteiger partial charge in [0.25, 0.3) is 0 Å². The van der Waals surface area contributed by atoms with Gasteiger partial charge in [-0.25, -0.2) is 0 Å². The van der Waals surface area contributed by atoms with E-state index in [9.17, 15) is 9.59 Å². The van der Waals surface area contributed by atoms with Gasteiger partial charge < -0.3 is 15.0 Å². The number of carbonyl (C=O) groups excluding carboxylic acids is 2. The Morgan fingerprint density at radius 2 is 1.90 bits per heavy atom. The zero-order valence-electron chi connectivity index (χ0n) is 17.3. The molecule has 1 atom stereocenters. The third kappa shape index (κ3) is 7.11. The summed E-state index contributed by atoms with van der Waals surface area (Å²) in [5.74, 6) is 1.28. The van der Waals surface area contributed by atoms with Crippen LogP contribution in [0.2, 0.25) is 10.0 Å². The van der Waals surface area contributed by atoms with Crippen LogP contribution in [0, 0.1) is 0 Å². The van der Waals surface area contributed by atoms with E-state index in [1.807, 2.05) is 37.3 Å². The molecule has 0 saturated heterocycles. The highest BCUT2D eigenvalue weighted by molar-refractivity contribution is 7.99. The van der Waals surface area contributed by atoms with E-state index in [0.717, 1.165) is 11.1 Å². The van der Waals surface area contributed by atoms with E-state index in [2.05, 4.69) is 5.32 Å². The standard InChI is InChI=1S/C22H26Cl2N2O3S/c1-4-25-22(28)15(2)26(12-16-6-5-7-18(10-16)29-3)21(27)14-30-13-17-8-9-19(23)20(24)11-17/h5-11,15H,4,12-14H2,1-3H3,(H,25,28)/t15-/m1/s1. The Morgan fingerprint density at radius 3 is 2.57 bits per heavy atom. The van der Waals surface area contributed by atoms with Crippen LogP contribution >= 0.6 is 35.0 Å². The lowest BCUT2D eigenvalue weighted by atomic mass is 10.1. The van der Waals surface area contributed by atoms with Crippen molar-refractivity contribution in [2.24, 2.45) is 0 Å². The fraction of sp³-hybridized carbons (Fsp3) is 0.364. The maximum Gasteiger partial charge on any atom is 0.242 e. The molecule has 30 heavy (non-hydrogen) atoms. The topological polar surface area (TPSA) is 58.6 Å². The molecule has 0 heterocycles. The number of amides is 2. The van der Waals surface area contributed by atoms with Gasteiger partial charge in [-0.05, 0) is 49.2 Å². The number of halogens is 2. The molecule has 0 aliphatic heterocycles. The van der Waals surface area contributed by atoms with Gasteiger partial charge in [0.15, 0.2) is 0 Å². The molecule has 0 saturated carbocycles. The third-order valence-corrected chi connectivity index (χ3v) is 6.21. The fourth-order valence-corrected chi connectivity index (χ4v) is 4.02. The van der Waals surface area contributed by atoms with Crippen molar-refractivity contribution in [2.45, 2.75) is 32.2 Å². The number of rotatable bonds is 10. The molecule has 162 valence electrons. The predicted octanol–water partition coefficient (Wildman–Crippen LogP) is 4.79. The summed E-state index contributed by atoms with van der Waals surface area (Å²) in [6.45, 7) is 4.43. The highest BCUT2D eigenvalue weighted by Gasteiger charge is 2.25. The molecule has 1 N–H and O–H groups in total. The summed E-state index contributed by atoms with van der Waals surface area (Å²) in [6.07, 6.45) is 0. The lowest BCUT2D eigenvalue weighted by molar-refractivity contribution is -0.138. The van der Waals surface area contributed by atoms with Gasteiger partial charge in [-0.3, -0.25) is 9.59 Å². The highest BCUT2D eigenvalue weighted by atomic mass is 35.5. The first kappa shape index (κ1) is 24.4. The van der Waals surface area contributed by atoms with Gasteiger partial charge in [0.2, 0.25) is 11.8 Å². The fourth-order valence-electron chi connectivity index (χ4n) is 2.84. The maximum atomic E-state index is 13.0. The molecule has 5 nitrogen and oxygen atoms in total. The number of methoxy groups -OCH3 is 1. The van der Waals surface area contributed by atoms with Crippen LogP contribution in [-0.4, -0.2) is 42.2 Å². The van der Waals surface area contributed by atoms with Crippen molar-refractivity contribution < 1.29 is 14.3 Å². The minimum Gasteiger partial charge on any atom is -0.497 e. The average Bonchev–Trinajstić information content (AvgIpc) is 2.74. The van der Waals surface area contributed by atoms with E-state index in [1.165, 1.54) is 11.8 Å². The number of carbonyl (C=O) groups is 2. The number of ether oxygens (including phenoxy) is 1. The molecule has 0 aliphatic carbocycles. The number of likely N-dealkylation sites (N-methyl/N-ethyl adjacent to an activating group) is 1. The molecule has 2 amide bonds. The number of thioether (sulfide) groups is 1. The molecule has 0 unspecified atom stereocenters. The SMILES string of the molecule is CCNC(=O)[C@@H](C)N(Cc1cccc(OC)c1)C(=O)CSCc1ccc(Cl)c(Cl)c1. The molecule has 0 spiro atoms. The predicted molar refractivity (Wildman–Crippen MR) is 124 cm³/mol. The number of hydrogen-bond acceptors (Lipinski definition) is 4. The number of nitrogens with one attached hydrogen (secondary N) is 1. The summed E-state index contributed by atoms with van der Waals surface area (Å²) in [5.41, 5.74) is 1.88. The van der Waals surface area contributed by atoms with Gasteiger partial charge in [-0.15, -0.1) is 11.8 Å². The average molecular weight is 469 g/mol. The van der Waals surface area contributed by atoms with Crippen LogP contribution in [0.15, 0.2) is 42.5 Å². The molecular formula is C22H26Cl2N2O3S. The highest BCUT2D eigenvalue weighted by Crippen LogP contribution is 2.25. The number of hydrogen-bond donors (Lipinski definition) is 1. The quantitative estimate of drug-likeness (QED) is 0.544. The summed E-state index contributed by atoms with van der Waals surface area (Å²) in [6, 6.07) is 12.3. The largest absolute Gasteiger partial charge is 0.497 e. The van der Waals surface area contributed by atoms with Gasteiger partial charge in [0.1, 0.15) is 11.8 Å². The normalized spacial score (nSPS) is 11.6. The van der Waals surface area contributed by atoms with E-state index in [4.69, 9.17) is 27.9 Å². The maximum absolute atomic E-state index is 13.0. The molecule has 2 aromatic carbocycles. The van der Waals surface area contributed by atoms with E-state index in [1.54, 1.807) is 31.1 Å². The Kier molecular flexibility index (Phi) is 9.82. The minimum atomic E-state index is -0.589. The van der Waals surface area contributed by atoms with E-state index in [0.29, 0.717) is 34.6 Å². The zero-order valence-corrected chi connectivity index (χ0v) is 19.6. The summed E-state index contributed by atoms with van der Waals surface area (Å²) in [7, 11) is 1.60. The van der Waals surface area contributed by atoms with Crippen LogP contribution in [0.1, 0.15) is 25.0 Å². The minimum absolute atomic E-state index is 0.110. The molecule has 0 radical (unpaired) electrons. The van der Waals surface area contributed by atoms with Gasteiger partial charge in [0, 0.05) is 18.8 Å². The molecule has 0 aliphatic rings. The monoisotopic (exact) mass is 468 g/mol. The molecule has 2 aromatic rings. The first-order valence-corrected chi connectivity index (χ1v) is 11.5. The Hall–Kier alpha value is -1.89. The van der Waals surface area contributed by atoms with Gasteiger partial charge in [0.05, 0.1) is 22.9 Å². The molecule has 0 bridgehead atoms. The van der Waals surface area contributed by atoms with Crippen LogP contribution in [0.4, 0.5) is 0 Å². The van der Waals surface area contributed by atoms with Crippen molar-refractivity contribution in [2.75, 3.05) is 19.4 Å². The zero-order chi connectivity index (χ0) is 22.1. The Morgan fingerprint density at radius 1 is 1.13 bits per heavy atom. The van der Waals surface area contributed by atoms with Crippen molar-refractivity contribution in [3.63, 3.8) is 0 Å². The first-order valence-electron chi connectivity index (χ1n) is 9.57. The third-order valence-electron chi connectivity index (χ3n) is 4.48.